The Morgan fingerprint density at radius 2 is 2.00 bits per heavy atom. The standard InChI is InChI=1S/C19H24OSi/c1-21(2,3)20-13-12-18-17-11-7-6-10-16(17)14-19(18)15-8-4-5-9-15/h4,6-11,14,18H,5,12-13H2,1-3H3. The van der Waals surface area contributed by atoms with Crippen molar-refractivity contribution in [1.82, 2.24) is 0 Å². The second-order valence-corrected chi connectivity index (χ2v) is 11.3. The van der Waals surface area contributed by atoms with Crippen LogP contribution in [0.5, 0.6) is 0 Å². The van der Waals surface area contributed by atoms with Crippen LogP contribution >= 0.6 is 0 Å². The molecule has 2 aliphatic rings. The van der Waals surface area contributed by atoms with Crippen molar-refractivity contribution in [3.63, 3.8) is 0 Å². The van der Waals surface area contributed by atoms with Gasteiger partial charge in [-0.2, -0.15) is 0 Å². The SMILES string of the molecule is C[Si](C)(C)OCCC1C(C2=CCC=C2)=Cc2ccccc21. The monoisotopic (exact) mass is 296 g/mol. The fourth-order valence-electron chi connectivity index (χ4n) is 3.15. The van der Waals surface area contributed by atoms with E-state index in [9.17, 15) is 0 Å². The summed E-state index contributed by atoms with van der Waals surface area (Å²) in [6, 6.07) is 8.79. The number of fused-ring (bicyclic) bond motifs is 1. The lowest BCUT2D eigenvalue weighted by Crippen LogP contribution is -2.26. The maximum atomic E-state index is 6.09. The van der Waals surface area contributed by atoms with E-state index in [0.29, 0.717) is 5.92 Å². The van der Waals surface area contributed by atoms with Gasteiger partial charge in [0.2, 0.25) is 0 Å². The highest BCUT2D eigenvalue weighted by Gasteiger charge is 2.27. The Hall–Kier alpha value is -1.38. The van der Waals surface area contributed by atoms with Gasteiger partial charge in [0.15, 0.2) is 8.32 Å². The van der Waals surface area contributed by atoms with E-state index in [0.717, 1.165) is 19.4 Å². The van der Waals surface area contributed by atoms with E-state index in [4.69, 9.17) is 4.43 Å². The van der Waals surface area contributed by atoms with Gasteiger partial charge in [0, 0.05) is 12.5 Å². The Balaban J connectivity index is 1.81. The second kappa shape index (κ2) is 5.78. The predicted octanol–water partition coefficient (Wildman–Crippen LogP) is 5.30. The Labute approximate surface area is 129 Å². The molecule has 0 amide bonds. The van der Waals surface area contributed by atoms with Crippen LogP contribution in [0.1, 0.15) is 29.9 Å². The molecule has 0 heterocycles. The van der Waals surface area contributed by atoms with Crippen LogP contribution in [0.2, 0.25) is 19.6 Å². The van der Waals surface area contributed by atoms with Gasteiger partial charge in [-0.3, -0.25) is 0 Å². The van der Waals surface area contributed by atoms with Crippen molar-refractivity contribution in [3.8, 4) is 0 Å². The van der Waals surface area contributed by atoms with E-state index in [2.05, 4.69) is 68.2 Å². The summed E-state index contributed by atoms with van der Waals surface area (Å²) in [5, 5.41) is 0. The van der Waals surface area contributed by atoms with Gasteiger partial charge in [0.25, 0.3) is 0 Å². The van der Waals surface area contributed by atoms with Crippen LogP contribution < -0.4 is 0 Å². The quantitative estimate of drug-likeness (QED) is 0.670. The van der Waals surface area contributed by atoms with Crippen LogP contribution in [0.15, 0.2) is 53.6 Å². The molecule has 3 rings (SSSR count). The number of allylic oxidation sites excluding steroid dienone is 5. The zero-order chi connectivity index (χ0) is 14.9. The van der Waals surface area contributed by atoms with Crippen molar-refractivity contribution in [2.24, 2.45) is 0 Å². The van der Waals surface area contributed by atoms with Crippen LogP contribution in [0, 0.1) is 0 Å². The van der Waals surface area contributed by atoms with Crippen LogP contribution in [0.3, 0.4) is 0 Å². The topological polar surface area (TPSA) is 9.23 Å². The summed E-state index contributed by atoms with van der Waals surface area (Å²) in [7, 11) is -1.42. The molecule has 21 heavy (non-hydrogen) atoms. The van der Waals surface area contributed by atoms with Gasteiger partial charge in [-0.05, 0) is 54.8 Å². The Morgan fingerprint density at radius 3 is 2.71 bits per heavy atom. The minimum atomic E-state index is -1.42. The number of rotatable bonds is 5. The molecule has 1 aromatic rings. The fraction of sp³-hybridized carbons (Fsp3) is 0.368. The van der Waals surface area contributed by atoms with Crippen LogP contribution in [-0.2, 0) is 4.43 Å². The van der Waals surface area contributed by atoms with Crippen molar-refractivity contribution in [3.05, 3.63) is 64.8 Å². The predicted molar refractivity (Wildman–Crippen MR) is 92.9 cm³/mol. The first-order chi connectivity index (χ1) is 10.0. The van der Waals surface area contributed by atoms with Crippen molar-refractivity contribution < 1.29 is 4.43 Å². The molecule has 0 bridgehead atoms. The fourth-order valence-corrected chi connectivity index (χ4v) is 3.88. The van der Waals surface area contributed by atoms with Crippen molar-refractivity contribution in [2.75, 3.05) is 6.61 Å². The number of benzene rings is 1. The molecule has 0 aromatic heterocycles. The number of hydrogen-bond donors (Lipinski definition) is 0. The van der Waals surface area contributed by atoms with E-state index in [1.54, 1.807) is 0 Å². The molecule has 1 unspecified atom stereocenters. The van der Waals surface area contributed by atoms with E-state index >= 15 is 0 Å². The zero-order valence-corrected chi connectivity index (χ0v) is 14.2. The smallest absolute Gasteiger partial charge is 0.183 e. The largest absolute Gasteiger partial charge is 0.418 e. The molecule has 2 heteroatoms. The van der Waals surface area contributed by atoms with Gasteiger partial charge in [-0.25, -0.2) is 0 Å². The molecule has 0 aliphatic heterocycles. The highest BCUT2D eigenvalue weighted by molar-refractivity contribution is 6.69. The molecule has 2 aliphatic carbocycles. The summed E-state index contributed by atoms with van der Waals surface area (Å²) in [5.41, 5.74) is 5.73. The van der Waals surface area contributed by atoms with Gasteiger partial charge in [-0.15, -0.1) is 0 Å². The second-order valence-electron chi connectivity index (χ2n) is 6.83. The molecule has 0 N–H and O–H groups in total. The summed E-state index contributed by atoms with van der Waals surface area (Å²) < 4.78 is 6.09. The zero-order valence-electron chi connectivity index (χ0n) is 13.2. The minimum absolute atomic E-state index is 0.492. The molecule has 0 saturated carbocycles. The Morgan fingerprint density at radius 1 is 1.19 bits per heavy atom. The highest BCUT2D eigenvalue weighted by atomic mass is 28.4. The first-order valence-corrected chi connectivity index (χ1v) is 11.3. The molecule has 1 atom stereocenters. The van der Waals surface area contributed by atoms with Crippen molar-refractivity contribution >= 4 is 14.4 Å². The molecule has 1 aromatic carbocycles. The van der Waals surface area contributed by atoms with Crippen molar-refractivity contribution in [1.29, 1.82) is 0 Å². The van der Waals surface area contributed by atoms with Crippen LogP contribution in [0.25, 0.3) is 6.08 Å². The lowest BCUT2D eigenvalue weighted by molar-refractivity contribution is 0.298. The van der Waals surface area contributed by atoms with E-state index in [-0.39, 0.29) is 0 Å². The average Bonchev–Trinajstić information content (AvgIpc) is 3.04. The van der Waals surface area contributed by atoms with E-state index in [1.807, 2.05) is 0 Å². The minimum Gasteiger partial charge on any atom is -0.418 e. The van der Waals surface area contributed by atoms with E-state index < -0.39 is 8.32 Å². The normalized spacial score (nSPS) is 20.4. The molecular formula is C19H24OSi. The third-order valence-electron chi connectivity index (χ3n) is 4.10. The molecule has 0 fully saturated rings. The maximum Gasteiger partial charge on any atom is 0.183 e. The number of hydrogen-bond acceptors (Lipinski definition) is 1. The molecule has 0 saturated heterocycles. The molecule has 1 nitrogen and oxygen atoms in total. The molecule has 0 radical (unpaired) electrons. The first-order valence-electron chi connectivity index (χ1n) is 7.86. The lowest BCUT2D eigenvalue weighted by Gasteiger charge is -2.21. The average molecular weight is 296 g/mol. The summed E-state index contributed by atoms with van der Waals surface area (Å²) >= 11 is 0. The van der Waals surface area contributed by atoms with Gasteiger partial charge in [0.05, 0.1) is 0 Å². The Kier molecular flexibility index (Phi) is 4.00. The lowest BCUT2D eigenvalue weighted by atomic mass is 9.89. The van der Waals surface area contributed by atoms with E-state index in [1.165, 1.54) is 22.3 Å². The van der Waals surface area contributed by atoms with Crippen LogP contribution in [0.4, 0.5) is 0 Å². The summed E-state index contributed by atoms with van der Waals surface area (Å²) in [6.45, 7) is 7.64. The van der Waals surface area contributed by atoms with Crippen molar-refractivity contribution in [2.45, 2.75) is 38.4 Å². The molecular weight excluding hydrogens is 272 g/mol. The summed E-state index contributed by atoms with van der Waals surface area (Å²) in [5.74, 6) is 0.492. The van der Waals surface area contributed by atoms with Gasteiger partial charge in [-0.1, -0.05) is 48.6 Å². The highest BCUT2D eigenvalue weighted by Crippen LogP contribution is 2.43. The third kappa shape index (κ3) is 3.28. The Bertz CT molecular complexity index is 617. The summed E-state index contributed by atoms with van der Waals surface area (Å²) in [6.07, 6.45) is 11.4. The van der Waals surface area contributed by atoms with Gasteiger partial charge in [0.1, 0.15) is 0 Å². The van der Waals surface area contributed by atoms with Gasteiger partial charge >= 0.3 is 0 Å². The van der Waals surface area contributed by atoms with Crippen LogP contribution in [-0.4, -0.2) is 14.9 Å². The molecule has 110 valence electrons. The first kappa shape index (κ1) is 14.5. The maximum absolute atomic E-state index is 6.09. The molecule has 0 spiro atoms. The third-order valence-corrected chi connectivity index (χ3v) is 5.17. The summed E-state index contributed by atoms with van der Waals surface area (Å²) in [4.78, 5) is 0. The van der Waals surface area contributed by atoms with Gasteiger partial charge < -0.3 is 4.43 Å².